The van der Waals surface area contributed by atoms with E-state index < -0.39 is 28.5 Å². The molecule has 0 aliphatic rings. The summed E-state index contributed by atoms with van der Waals surface area (Å²) in [4.78, 5) is 11.7. The van der Waals surface area contributed by atoms with E-state index in [0.717, 1.165) is 12.1 Å². The molecular weight excluding hydrogens is 348 g/mol. The summed E-state index contributed by atoms with van der Waals surface area (Å²) in [6, 6.07) is 8.81. The van der Waals surface area contributed by atoms with Crippen LogP contribution in [0.3, 0.4) is 0 Å². The molecule has 0 fully saturated rings. The van der Waals surface area contributed by atoms with Crippen molar-refractivity contribution < 1.29 is 22.4 Å². The first kappa shape index (κ1) is 18.1. The zero-order valence-electron chi connectivity index (χ0n) is 12.3. The van der Waals surface area contributed by atoms with Gasteiger partial charge in [-0.05, 0) is 36.4 Å². The molecule has 8 heteroatoms. The van der Waals surface area contributed by atoms with Gasteiger partial charge in [0.2, 0.25) is 5.91 Å². The van der Waals surface area contributed by atoms with Crippen LogP contribution in [-0.4, -0.2) is 12.5 Å². The Hall–Kier alpha value is -2.28. The predicted molar refractivity (Wildman–Crippen MR) is 84.6 cm³/mol. The normalized spacial score (nSPS) is 11.2. The van der Waals surface area contributed by atoms with E-state index in [0.29, 0.717) is 5.69 Å². The Morgan fingerprint density at radius 1 is 1.08 bits per heavy atom. The third kappa shape index (κ3) is 5.13. The molecule has 0 aliphatic heterocycles. The molecule has 0 aliphatic carbocycles. The van der Waals surface area contributed by atoms with Crippen LogP contribution in [0, 0.1) is 5.82 Å². The Morgan fingerprint density at radius 2 is 1.83 bits per heavy atom. The SMILES string of the molecule is O=C(CCNc1ccc(Cl)c(C(F)(F)F)c1)Nc1cccc(F)c1. The molecule has 2 aromatic rings. The average molecular weight is 361 g/mol. The van der Waals surface area contributed by atoms with Crippen molar-refractivity contribution in [3.63, 3.8) is 0 Å². The molecule has 0 unspecified atom stereocenters. The maximum absolute atomic E-state index is 13.0. The number of nitrogens with one attached hydrogen (secondary N) is 2. The van der Waals surface area contributed by atoms with Gasteiger partial charge in [-0.1, -0.05) is 17.7 Å². The van der Waals surface area contributed by atoms with Crippen LogP contribution in [0.1, 0.15) is 12.0 Å². The van der Waals surface area contributed by atoms with Gasteiger partial charge < -0.3 is 10.6 Å². The molecular formula is C16H13ClF4N2O. The van der Waals surface area contributed by atoms with E-state index >= 15 is 0 Å². The highest BCUT2D eigenvalue weighted by molar-refractivity contribution is 6.31. The molecule has 0 saturated heterocycles. The number of amides is 1. The summed E-state index contributed by atoms with van der Waals surface area (Å²) in [6.45, 7) is 0.111. The van der Waals surface area contributed by atoms with Crippen LogP contribution in [0.15, 0.2) is 42.5 Å². The lowest BCUT2D eigenvalue weighted by molar-refractivity contribution is -0.137. The minimum atomic E-state index is -4.55. The molecule has 2 N–H and O–H groups in total. The number of halogens is 5. The zero-order valence-corrected chi connectivity index (χ0v) is 13.0. The van der Waals surface area contributed by atoms with Gasteiger partial charge in [-0.3, -0.25) is 4.79 Å². The number of alkyl halides is 3. The van der Waals surface area contributed by atoms with Crippen molar-refractivity contribution in [3.8, 4) is 0 Å². The molecule has 1 amide bonds. The molecule has 0 atom stereocenters. The highest BCUT2D eigenvalue weighted by Gasteiger charge is 2.33. The number of rotatable bonds is 5. The van der Waals surface area contributed by atoms with Gasteiger partial charge in [0.05, 0.1) is 10.6 Å². The molecule has 128 valence electrons. The quantitative estimate of drug-likeness (QED) is 0.742. The fourth-order valence-corrected chi connectivity index (χ4v) is 2.19. The van der Waals surface area contributed by atoms with Crippen LogP contribution >= 0.6 is 11.6 Å². The molecule has 3 nitrogen and oxygen atoms in total. The summed E-state index contributed by atoms with van der Waals surface area (Å²) in [5, 5.41) is 4.82. The summed E-state index contributed by atoms with van der Waals surface area (Å²) in [5.41, 5.74) is -0.436. The van der Waals surface area contributed by atoms with Gasteiger partial charge in [0.15, 0.2) is 0 Å². The highest BCUT2D eigenvalue weighted by Crippen LogP contribution is 2.36. The first-order valence-electron chi connectivity index (χ1n) is 6.92. The summed E-state index contributed by atoms with van der Waals surface area (Å²) in [7, 11) is 0. The molecule has 0 spiro atoms. The number of hydrogen-bond acceptors (Lipinski definition) is 2. The van der Waals surface area contributed by atoms with Crippen molar-refractivity contribution in [3.05, 3.63) is 58.9 Å². The zero-order chi connectivity index (χ0) is 17.7. The van der Waals surface area contributed by atoms with Crippen molar-refractivity contribution in [2.45, 2.75) is 12.6 Å². The van der Waals surface area contributed by atoms with Crippen molar-refractivity contribution in [2.75, 3.05) is 17.2 Å². The fraction of sp³-hybridized carbons (Fsp3) is 0.188. The standard InChI is InChI=1S/C16H13ClF4N2O/c17-14-5-4-11(9-13(14)16(19,20)21)22-7-6-15(24)23-12-3-1-2-10(18)8-12/h1-5,8-9,22H,6-7H2,(H,23,24). The topological polar surface area (TPSA) is 41.1 Å². The highest BCUT2D eigenvalue weighted by atomic mass is 35.5. The van der Waals surface area contributed by atoms with Crippen LogP contribution in [0.2, 0.25) is 5.02 Å². The Balaban J connectivity index is 1.89. The van der Waals surface area contributed by atoms with Crippen LogP contribution < -0.4 is 10.6 Å². The van der Waals surface area contributed by atoms with Gasteiger partial charge >= 0.3 is 6.18 Å². The molecule has 2 rings (SSSR count). The Morgan fingerprint density at radius 3 is 2.50 bits per heavy atom. The van der Waals surface area contributed by atoms with E-state index in [2.05, 4.69) is 10.6 Å². The van der Waals surface area contributed by atoms with Gasteiger partial charge in [0.25, 0.3) is 0 Å². The van der Waals surface area contributed by atoms with Crippen molar-refractivity contribution in [1.29, 1.82) is 0 Å². The van der Waals surface area contributed by atoms with Crippen molar-refractivity contribution in [2.24, 2.45) is 0 Å². The van der Waals surface area contributed by atoms with Crippen LogP contribution in [0.25, 0.3) is 0 Å². The Bertz CT molecular complexity index is 734. The molecule has 2 aromatic carbocycles. The van der Waals surface area contributed by atoms with Gasteiger partial charge in [-0.25, -0.2) is 4.39 Å². The van der Waals surface area contributed by atoms with Crippen molar-refractivity contribution in [1.82, 2.24) is 0 Å². The number of hydrogen-bond donors (Lipinski definition) is 2. The largest absolute Gasteiger partial charge is 0.417 e. The van der Waals surface area contributed by atoms with Gasteiger partial charge in [0, 0.05) is 24.3 Å². The van der Waals surface area contributed by atoms with Crippen LogP contribution in [-0.2, 0) is 11.0 Å². The fourth-order valence-electron chi connectivity index (χ4n) is 1.96. The van der Waals surface area contributed by atoms with Gasteiger partial charge in [-0.15, -0.1) is 0 Å². The molecule has 0 saturated carbocycles. The maximum atomic E-state index is 13.0. The average Bonchev–Trinajstić information content (AvgIpc) is 2.48. The monoisotopic (exact) mass is 360 g/mol. The minimum absolute atomic E-state index is 0.000487. The molecule has 0 heterocycles. The maximum Gasteiger partial charge on any atom is 0.417 e. The van der Waals surface area contributed by atoms with Gasteiger partial charge in [0.1, 0.15) is 5.82 Å². The first-order valence-corrected chi connectivity index (χ1v) is 7.29. The van der Waals surface area contributed by atoms with E-state index in [1.807, 2.05) is 0 Å². The number of benzene rings is 2. The van der Waals surface area contributed by atoms with E-state index in [9.17, 15) is 22.4 Å². The summed E-state index contributed by atoms with van der Waals surface area (Å²) in [5.74, 6) is -0.870. The predicted octanol–water partition coefficient (Wildman–Crippen LogP) is 4.94. The molecule has 0 bridgehead atoms. The van der Waals surface area contributed by atoms with E-state index in [-0.39, 0.29) is 18.7 Å². The second-order valence-electron chi connectivity index (χ2n) is 4.93. The summed E-state index contributed by atoms with van der Waals surface area (Å²) in [6.07, 6.45) is -4.55. The van der Waals surface area contributed by atoms with E-state index in [1.165, 1.54) is 30.3 Å². The second kappa shape index (κ2) is 7.53. The first-order chi connectivity index (χ1) is 11.3. The lowest BCUT2D eigenvalue weighted by atomic mass is 10.2. The molecule has 0 radical (unpaired) electrons. The summed E-state index contributed by atoms with van der Waals surface area (Å²) >= 11 is 5.53. The van der Waals surface area contributed by atoms with Crippen LogP contribution in [0.4, 0.5) is 28.9 Å². The second-order valence-corrected chi connectivity index (χ2v) is 5.33. The minimum Gasteiger partial charge on any atom is -0.385 e. The smallest absolute Gasteiger partial charge is 0.385 e. The van der Waals surface area contributed by atoms with E-state index in [4.69, 9.17) is 11.6 Å². The summed E-state index contributed by atoms with van der Waals surface area (Å²) < 4.78 is 51.2. The lowest BCUT2D eigenvalue weighted by Crippen LogP contribution is -2.16. The van der Waals surface area contributed by atoms with Crippen molar-refractivity contribution >= 4 is 28.9 Å². The van der Waals surface area contributed by atoms with E-state index in [1.54, 1.807) is 0 Å². The lowest BCUT2D eigenvalue weighted by Gasteiger charge is -2.12. The Kier molecular flexibility index (Phi) is 5.66. The third-order valence-electron chi connectivity index (χ3n) is 3.06. The number of carbonyl (C=O) groups is 1. The molecule has 24 heavy (non-hydrogen) atoms. The third-order valence-corrected chi connectivity index (χ3v) is 3.39. The molecule has 0 aromatic heterocycles. The number of carbonyl (C=O) groups excluding carboxylic acids is 1. The van der Waals surface area contributed by atoms with Crippen LogP contribution in [0.5, 0.6) is 0 Å². The number of anilines is 2. The van der Waals surface area contributed by atoms with Gasteiger partial charge in [-0.2, -0.15) is 13.2 Å². The Labute approximate surface area is 140 Å².